The van der Waals surface area contributed by atoms with Gasteiger partial charge in [0.2, 0.25) is 0 Å². The van der Waals surface area contributed by atoms with Crippen molar-refractivity contribution in [2.24, 2.45) is 11.8 Å². The monoisotopic (exact) mass is 433 g/mol. The summed E-state index contributed by atoms with van der Waals surface area (Å²) in [7, 11) is 2.04. The second kappa shape index (κ2) is 8.70. The summed E-state index contributed by atoms with van der Waals surface area (Å²) in [5.74, 6) is -0.466. The number of anilines is 1. The number of carboxylic acids is 1. The van der Waals surface area contributed by atoms with E-state index in [9.17, 15) is 19.8 Å². The predicted octanol–water partition coefficient (Wildman–Crippen LogP) is 2.86. The molecule has 1 saturated carbocycles. The number of carbonyl (C=O) groups is 1. The van der Waals surface area contributed by atoms with Crippen LogP contribution in [0.5, 0.6) is 5.75 Å². The number of halogens is 1. The first-order chi connectivity index (χ1) is 13.9. The summed E-state index contributed by atoms with van der Waals surface area (Å²) in [6.45, 7) is 3.92. The maximum atomic E-state index is 12.2. The van der Waals surface area contributed by atoms with Gasteiger partial charge in [0, 0.05) is 30.4 Å². The highest BCUT2D eigenvalue weighted by Gasteiger charge is 2.41. The van der Waals surface area contributed by atoms with Crippen molar-refractivity contribution >= 4 is 24.1 Å². The molecule has 1 saturated heterocycles. The van der Waals surface area contributed by atoms with E-state index >= 15 is 0 Å². The van der Waals surface area contributed by atoms with E-state index < -0.39 is 22.8 Å². The van der Waals surface area contributed by atoms with Gasteiger partial charge in [-0.05, 0) is 55.8 Å². The molecule has 0 unspecified atom stereocenters. The van der Waals surface area contributed by atoms with Gasteiger partial charge >= 0.3 is 5.97 Å². The van der Waals surface area contributed by atoms with Crippen LogP contribution in [0.1, 0.15) is 35.7 Å². The van der Waals surface area contributed by atoms with E-state index in [1.165, 1.54) is 12.8 Å². The number of nitrogens with one attached hydrogen (secondary N) is 2. The topological polar surface area (TPSA) is 106 Å². The van der Waals surface area contributed by atoms with E-state index in [0.717, 1.165) is 30.3 Å². The van der Waals surface area contributed by atoms with Gasteiger partial charge in [0.1, 0.15) is 5.75 Å². The number of aromatic carboxylic acids is 1. The molecule has 1 aromatic carbocycles. The number of rotatable bonds is 5. The summed E-state index contributed by atoms with van der Waals surface area (Å²) in [6, 6.07) is 8.50. The van der Waals surface area contributed by atoms with Crippen LogP contribution in [0, 0.1) is 11.8 Å². The third-order valence-corrected chi connectivity index (χ3v) is 6.61. The van der Waals surface area contributed by atoms with Crippen LogP contribution in [0.15, 0.2) is 29.1 Å². The molecule has 162 valence electrons. The summed E-state index contributed by atoms with van der Waals surface area (Å²) in [4.78, 5) is 28.5. The Bertz CT molecular complexity index is 989. The third kappa shape index (κ3) is 3.68. The zero-order valence-electron chi connectivity index (χ0n) is 17.1. The largest absolute Gasteiger partial charge is 0.506 e. The fourth-order valence-corrected chi connectivity index (χ4v) is 5.09. The molecule has 8 heteroatoms. The number of aromatic amines is 1. The molecule has 0 radical (unpaired) electrons. The van der Waals surface area contributed by atoms with Gasteiger partial charge in [0.05, 0.1) is 5.69 Å². The highest BCUT2D eigenvalue weighted by atomic mass is 35.5. The average molecular weight is 434 g/mol. The fraction of sp³-hybridized carbons (Fsp3) is 0.455. The van der Waals surface area contributed by atoms with Crippen molar-refractivity contribution in [2.75, 3.05) is 25.0 Å². The number of fused-ring (bicyclic) bond motifs is 1. The van der Waals surface area contributed by atoms with Crippen molar-refractivity contribution in [3.8, 4) is 17.0 Å². The van der Waals surface area contributed by atoms with Crippen molar-refractivity contribution < 1.29 is 15.0 Å². The van der Waals surface area contributed by atoms with Crippen molar-refractivity contribution in [1.29, 1.82) is 0 Å². The number of hydrogen-bond donors (Lipinski definition) is 4. The Hall–Kier alpha value is -2.51. The molecule has 2 aromatic rings. The summed E-state index contributed by atoms with van der Waals surface area (Å²) in [5, 5.41) is 23.0. The summed E-state index contributed by atoms with van der Waals surface area (Å²) in [6.07, 6.45) is 2.92. The Labute approximate surface area is 181 Å². The van der Waals surface area contributed by atoms with Crippen LogP contribution in [-0.4, -0.2) is 47.3 Å². The van der Waals surface area contributed by atoms with Crippen LogP contribution in [0.25, 0.3) is 11.3 Å². The zero-order chi connectivity index (χ0) is 20.7. The molecule has 1 aromatic heterocycles. The molecule has 4 N–H and O–H groups in total. The Morgan fingerprint density at radius 3 is 2.53 bits per heavy atom. The molecule has 2 aliphatic rings. The predicted molar refractivity (Wildman–Crippen MR) is 119 cm³/mol. The molecule has 2 heterocycles. The van der Waals surface area contributed by atoms with Crippen molar-refractivity contribution in [1.82, 2.24) is 10.3 Å². The van der Waals surface area contributed by atoms with Crippen molar-refractivity contribution in [3.63, 3.8) is 0 Å². The summed E-state index contributed by atoms with van der Waals surface area (Å²) >= 11 is 0. The lowest BCUT2D eigenvalue weighted by Crippen LogP contribution is -2.33. The highest BCUT2D eigenvalue weighted by Crippen LogP contribution is 2.40. The average Bonchev–Trinajstić information content (AvgIpc) is 3.28. The Morgan fingerprint density at radius 1 is 1.23 bits per heavy atom. The van der Waals surface area contributed by atoms with E-state index in [1.807, 2.05) is 38.2 Å². The van der Waals surface area contributed by atoms with E-state index in [2.05, 4.69) is 15.2 Å². The number of pyridine rings is 1. The van der Waals surface area contributed by atoms with Crippen LogP contribution in [0.2, 0.25) is 0 Å². The van der Waals surface area contributed by atoms with Gasteiger partial charge in [-0.25, -0.2) is 4.79 Å². The van der Waals surface area contributed by atoms with Crippen LogP contribution < -0.4 is 15.8 Å². The number of aromatic hydroxyl groups is 1. The SMILES string of the molecule is CCc1c(-c2ccc(N3C[C@H]4CC[C@@H](NC)[C@H]4C3)cc2)[nH]c(=O)c(C(=O)O)c1O.Cl. The third-order valence-electron chi connectivity index (χ3n) is 6.61. The molecule has 7 nitrogen and oxygen atoms in total. The summed E-state index contributed by atoms with van der Waals surface area (Å²) in [5.41, 5.74) is 1.40. The first kappa shape index (κ1) is 22.2. The standard InChI is InChI=1S/C22H27N3O4.ClH/c1-3-15-19(24-21(27)18(20(15)26)22(28)29)12-4-7-14(8-5-12)25-10-13-6-9-17(23-2)16(13)11-25;/h4-5,7-8,13,16-17,23H,3,6,9-11H2,1-2H3,(H,28,29)(H2,24,26,27);1H/t13-,16+,17-;/m1./s1. The number of benzene rings is 1. The molecule has 4 rings (SSSR count). The highest BCUT2D eigenvalue weighted by molar-refractivity contribution is 5.92. The fourth-order valence-electron chi connectivity index (χ4n) is 5.09. The number of aromatic nitrogens is 1. The maximum absolute atomic E-state index is 12.2. The number of hydrogen-bond acceptors (Lipinski definition) is 5. The Balaban J connectivity index is 0.00000256. The van der Waals surface area contributed by atoms with Crippen LogP contribution >= 0.6 is 12.4 Å². The van der Waals surface area contributed by atoms with Gasteiger partial charge in [-0.3, -0.25) is 4.79 Å². The van der Waals surface area contributed by atoms with Gasteiger partial charge in [-0.1, -0.05) is 19.1 Å². The summed E-state index contributed by atoms with van der Waals surface area (Å²) < 4.78 is 0. The first-order valence-corrected chi connectivity index (χ1v) is 10.2. The van der Waals surface area contributed by atoms with Gasteiger partial charge < -0.3 is 25.4 Å². The maximum Gasteiger partial charge on any atom is 0.345 e. The molecule has 0 spiro atoms. The number of H-pyrrole nitrogens is 1. The van der Waals surface area contributed by atoms with Gasteiger partial charge in [-0.2, -0.15) is 0 Å². The van der Waals surface area contributed by atoms with Gasteiger partial charge in [-0.15, -0.1) is 12.4 Å². The van der Waals surface area contributed by atoms with Crippen LogP contribution in [0.3, 0.4) is 0 Å². The molecule has 30 heavy (non-hydrogen) atoms. The molecular weight excluding hydrogens is 406 g/mol. The van der Waals surface area contributed by atoms with Crippen molar-refractivity contribution in [3.05, 3.63) is 45.7 Å². The molecular formula is C22H28ClN3O4. The van der Waals surface area contributed by atoms with Crippen LogP contribution in [-0.2, 0) is 6.42 Å². The van der Waals surface area contributed by atoms with Crippen molar-refractivity contribution in [2.45, 2.75) is 32.2 Å². The lowest BCUT2D eigenvalue weighted by atomic mass is 9.98. The molecule has 3 atom stereocenters. The van der Waals surface area contributed by atoms with Gasteiger partial charge in [0.15, 0.2) is 5.56 Å². The molecule has 1 aliphatic carbocycles. The Kier molecular flexibility index (Phi) is 6.43. The van der Waals surface area contributed by atoms with E-state index in [0.29, 0.717) is 29.6 Å². The number of nitrogens with zero attached hydrogens (tertiary/aromatic N) is 1. The lowest BCUT2D eigenvalue weighted by Gasteiger charge is -2.22. The van der Waals surface area contributed by atoms with Gasteiger partial charge in [0.25, 0.3) is 5.56 Å². The smallest absolute Gasteiger partial charge is 0.345 e. The van der Waals surface area contributed by atoms with E-state index in [-0.39, 0.29) is 12.4 Å². The zero-order valence-corrected chi connectivity index (χ0v) is 18.0. The van der Waals surface area contributed by atoms with E-state index in [4.69, 9.17) is 0 Å². The second-order valence-corrected chi connectivity index (χ2v) is 8.04. The van der Waals surface area contributed by atoms with E-state index in [1.54, 1.807) is 0 Å². The normalized spacial score (nSPS) is 22.6. The molecule has 1 aliphatic heterocycles. The quantitative estimate of drug-likeness (QED) is 0.577. The molecule has 0 amide bonds. The molecule has 2 fully saturated rings. The minimum absolute atomic E-state index is 0. The lowest BCUT2D eigenvalue weighted by molar-refractivity contribution is 0.0691. The minimum atomic E-state index is -1.43. The van der Waals surface area contributed by atoms with Crippen LogP contribution in [0.4, 0.5) is 5.69 Å². The Morgan fingerprint density at radius 2 is 1.93 bits per heavy atom. The molecule has 0 bridgehead atoms. The number of carboxylic acid groups (broad SMARTS) is 1. The first-order valence-electron chi connectivity index (χ1n) is 10.2. The second-order valence-electron chi connectivity index (χ2n) is 8.04. The minimum Gasteiger partial charge on any atom is -0.506 e.